The Kier molecular flexibility index (Phi) is 4.34. The van der Waals surface area contributed by atoms with Crippen LogP contribution >= 0.6 is 0 Å². The highest BCUT2D eigenvalue weighted by molar-refractivity contribution is 5.38. The SMILES string of the molecule is CCCNc1cnn(Cc2cccc(C)c2)c(=O)c1. The van der Waals surface area contributed by atoms with Gasteiger partial charge in [0.05, 0.1) is 18.4 Å². The van der Waals surface area contributed by atoms with E-state index in [4.69, 9.17) is 0 Å². The molecule has 0 spiro atoms. The molecule has 4 nitrogen and oxygen atoms in total. The van der Waals surface area contributed by atoms with Crippen LogP contribution in [0, 0.1) is 6.92 Å². The summed E-state index contributed by atoms with van der Waals surface area (Å²) in [4.78, 5) is 12.0. The minimum Gasteiger partial charge on any atom is -0.384 e. The van der Waals surface area contributed by atoms with Crippen LogP contribution in [0.3, 0.4) is 0 Å². The van der Waals surface area contributed by atoms with Gasteiger partial charge in [-0.25, -0.2) is 4.68 Å². The van der Waals surface area contributed by atoms with Crippen LogP contribution in [0.15, 0.2) is 41.3 Å². The maximum absolute atomic E-state index is 12.0. The Hall–Kier alpha value is -2.10. The quantitative estimate of drug-likeness (QED) is 0.894. The molecule has 0 aliphatic rings. The van der Waals surface area contributed by atoms with E-state index in [1.807, 2.05) is 25.1 Å². The van der Waals surface area contributed by atoms with Gasteiger partial charge in [-0.15, -0.1) is 0 Å². The van der Waals surface area contributed by atoms with E-state index in [0.717, 1.165) is 24.2 Å². The number of benzene rings is 1. The van der Waals surface area contributed by atoms with Crippen molar-refractivity contribution in [3.63, 3.8) is 0 Å². The Morgan fingerprint density at radius 2 is 2.16 bits per heavy atom. The van der Waals surface area contributed by atoms with Crippen molar-refractivity contribution in [1.29, 1.82) is 0 Å². The first-order valence-electron chi connectivity index (χ1n) is 6.55. The smallest absolute Gasteiger partial charge is 0.269 e. The Morgan fingerprint density at radius 1 is 1.32 bits per heavy atom. The van der Waals surface area contributed by atoms with E-state index < -0.39 is 0 Å². The normalized spacial score (nSPS) is 10.4. The summed E-state index contributed by atoms with van der Waals surface area (Å²) < 4.78 is 1.48. The van der Waals surface area contributed by atoms with Gasteiger partial charge >= 0.3 is 0 Å². The molecule has 100 valence electrons. The van der Waals surface area contributed by atoms with Crippen LogP contribution in [-0.4, -0.2) is 16.3 Å². The molecule has 0 saturated carbocycles. The lowest BCUT2D eigenvalue weighted by atomic mass is 10.1. The van der Waals surface area contributed by atoms with E-state index >= 15 is 0 Å². The molecule has 1 N–H and O–H groups in total. The molecule has 4 heteroatoms. The third kappa shape index (κ3) is 3.68. The maximum atomic E-state index is 12.0. The van der Waals surface area contributed by atoms with Crippen molar-refractivity contribution in [3.8, 4) is 0 Å². The molecule has 1 heterocycles. The summed E-state index contributed by atoms with van der Waals surface area (Å²) in [6.45, 7) is 5.48. The monoisotopic (exact) mass is 257 g/mol. The van der Waals surface area contributed by atoms with Crippen molar-refractivity contribution in [2.75, 3.05) is 11.9 Å². The first kappa shape index (κ1) is 13.3. The maximum Gasteiger partial charge on any atom is 0.269 e. The average molecular weight is 257 g/mol. The number of rotatable bonds is 5. The van der Waals surface area contributed by atoms with Crippen LogP contribution < -0.4 is 10.9 Å². The molecule has 0 bridgehead atoms. The largest absolute Gasteiger partial charge is 0.384 e. The Morgan fingerprint density at radius 3 is 2.84 bits per heavy atom. The van der Waals surface area contributed by atoms with Gasteiger partial charge in [-0.1, -0.05) is 36.8 Å². The van der Waals surface area contributed by atoms with Gasteiger partial charge in [0.1, 0.15) is 0 Å². The highest BCUT2D eigenvalue weighted by Crippen LogP contribution is 2.05. The number of aromatic nitrogens is 2. The second kappa shape index (κ2) is 6.18. The second-order valence-corrected chi connectivity index (χ2v) is 4.66. The lowest BCUT2D eigenvalue weighted by Gasteiger charge is -2.08. The summed E-state index contributed by atoms with van der Waals surface area (Å²) in [5.74, 6) is 0. The molecule has 0 aliphatic carbocycles. The molecule has 0 atom stereocenters. The Bertz CT molecular complexity index is 604. The number of aryl methyl sites for hydroxylation is 1. The Labute approximate surface area is 113 Å². The molecule has 2 rings (SSSR count). The Balaban J connectivity index is 2.15. The summed E-state index contributed by atoms with van der Waals surface area (Å²) in [5, 5.41) is 7.36. The highest BCUT2D eigenvalue weighted by Gasteiger charge is 2.01. The van der Waals surface area contributed by atoms with Crippen LogP contribution in [0.4, 0.5) is 5.69 Å². The van der Waals surface area contributed by atoms with Crippen LogP contribution in [0.5, 0.6) is 0 Å². The second-order valence-electron chi connectivity index (χ2n) is 4.66. The van der Waals surface area contributed by atoms with E-state index in [1.54, 1.807) is 12.3 Å². The zero-order valence-corrected chi connectivity index (χ0v) is 11.4. The van der Waals surface area contributed by atoms with Gasteiger partial charge in [0.25, 0.3) is 5.56 Å². The summed E-state index contributed by atoms with van der Waals surface area (Å²) >= 11 is 0. The van der Waals surface area contributed by atoms with Crippen molar-refractivity contribution in [3.05, 3.63) is 58.0 Å². The first-order valence-corrected chi connectivity index (χ1v) is 6.55. The minimum absolute atomic E-state index is 0.0809. The fourth-order valence-corrected chi connectivity index (χ4v) is 1.90. The van der Waals surface area contributed by atoms with Crippen LogP contribution in [0.25, 0.3) is 0 Å². The van der Waals surface area contributed by atoms with Crippen molar-refractivity contribution < 1.29 is 0 Å². The van der Waals surface area contributed by atoms with Crippen LogP contribution in [-0.2, 0) is 6.54 Å². The van der Waals surface area contributed by atoms with Gasteiger partial charge in [0.2, 0.25) is 0 Å². The summed E-state index contributed by atoms with van der Waals surface area (Å²) in [5.41, 5.74) is 2.98. The van der Waals surface area contributed by atoms with Crippen LogP contribution in [0.2, 0.25) is 0 Å². The fraction of sp³-hybridized carbons (Fsp3) is 0.333. The van der Waals surface area contributed by atoms with Crippen molar-refractivity contribution in [1.82, 2.24) is 9.78 Å². The van der Waals surface area contributed by atoms with Gasteiger partial charge in [-0.2, -0.15) is 5.10 Å². The molecule has 1 aromatic heterocycles. The van der Waals surface area contributed by atoms with E-state index in [-0.39, 0.29) is 5.56 Å². The molecule has 0 aliphatic heterocycles. The number of nitrogens with zero attached hydrogens (tertiary/aromatic N) is 2. The fourth-order valence-electron chi connectivity index (χ4n) is 1.90. The molecule has 0 amide bonds. The topological polar surface area (TPSA) is 46.9 Å². The van der Waals surface area contributed by atoms with Gasteiger partial charge < -0.3 is 5.32 Å². The molecule has 0 radical (unpaired) electrons. The molecular formula is C15H19N3O. The summed E-state index contributed by atoms with van der Waals surface area (Å²) in [7, 11) is 0. The lowest BCUT2D eigenvalue weighted by Crippen LogP contribution is -2.23. The summed E-state index contributed by atoms with van der Waals surface area (Å²) in [6, 6.07) is 9.70. The lowest BCUT2D eigenvalue weighted by molar-refractivity contribution is 0.639. The predicted molar refractivity (Wildman–Crippen MR) is 77.6 cm³/mol. The van der Waals surface area contributed by atoms with E-state index in [2.05, 4.69) is 23.4 Å². The van der Waals surface area contributed by atoms with Crippen molar-refractivity contribution in [2.45, 2.75) is 26.8 Å². The standard InChI is InChI=1S/C15H19N3O/c1-3-7-16-14-9-15(19)18(17-10-14)11-13-6-4-5-12(2)8-13/h4-6,8-10,16H,3,7,11H2,1-2H3. The van der Waals surface area contributed by atoms with Gasteiger partial charge in [0.15, 0.2) is 0 Å². The van der Waals surface area contributed by atoms with E-state index in [0.29, 0.717) is 6.54 Å². The third-order valence-corrected chi connectivity index (χ3v) is 2.86. The zero-order chi connectivity index (χ0) is 13.7. The molecule has 1 aromatic carbocycles. The number of nitrogens with one attached hydrogen (secondary N) is 1. The van der Waals surface area contributed by atoms with E-state index in [9.17, 15) is 4.79 Å². The molecule has 0 unspecified atom stereocenters. The van der Waals surface area contributed by atoms with Gasteiger partial charge in [0, 0.05) is 12.6 Å². The third-order valence-electron chi connectivity index (χ3n) is 2.86. The average Bonchev–Trinajstić information content (AvgIpc) is 2.39. The molecule has 2 aromatic rings. The molecular weight excluding hydrogens is 238 g/mol. The van der Waals surface area contributed by atoms with Crippen molar-refractivity contribution in [2.24, 2.45) is 0 Å². The summed E-state index contributed by atoms with van der Waals surface area (Å²) in [6.07, 6.45) is 2.72. The number of hydrogen-bond acceptors (Lipinski definition) is 3. The zero-order valence-electron chi connectivity index (χ0n) is 11.4. The minimum atomic E-state index is -0.0809. The first-order chi connectivity index (χ1) is 9.19. The molecule has 19 heavy (non-hydrogen) atoms. The number of anilines is 1. The van der Waals surface area contributed by atoms with Crippen LogP contribution in [0.1, 0.15) is 24.5 Å². The van der Waals surface area contributed by atoms with Crippen molar-refractivity contribution >= 4 is 5.69 Å². The van der Waals surface area contributed by atoms with E-state index in [1.165, 1.54) is 10.2 Å². The predicted octanol–water partition coefficient (Wildman–Crippen LogP) is 2.42. The molecule has 0 saturated heterocycles. The number of hydrogen-bond donors (Lipinski definition) is 1. The molecule has 0 fully saturated rings. The van der Waals surface area contributed by atoms with Gasteiger partial charge in [-0.3, -0.25) is 4.79 Å². The highest BCUT2D eigenvalue weighted by atomic mass is 16.1. The van der Waals surface area contributed by atoms with Gasteiger partial charge in [-0.05, 0) is 18.9 Å².